The molecule has 0 amide bonds. The third-order valence-electron chi connectivity index (χ3n) is 4.86. The van der Waals surface area contributed by atoms with Gasteiger partial charge in [-0.25, -0.2) is 0 Å². The molecule has 4 rings (SSSR count). The van der Waals surface area contributed by atoms with E-state index in [-0.39, 0.29) is 5.71 Å². The molecule has 1 heterocycles. The Morgan fingerprint density at radius 3 is 2.46 bits per heavy atom. The van der Waals surface area contributed by atoms with Gasteiger partial charge in [0.1, 0.15) is 0 Å². The van der Waals surface area contributed by atoms with Gasteiger partial charge in [0.25, 0.3) is 0 Å². The highest BCUT2D eigenvalue weighted by atomic mass is 16.5. The molecule has 6 heteroatoms. The summed E-state index contributed by atoms with van der Waals surface area (Å²) in [4.78, 5) is 29.6. The Balaban J connectivity index is 1.99. The number of hydrogen-bond donors (Lipinski definition) is 1. The fourth-order valence-corrected chi connectivity index (χ4v) is 3.49. The average molecular weight is 375 g/mol. The van der Waals surface area contributed by atoms with Gasteiger partial charge in [-0.1, -0.05) is 30.3 Å². The number of aliphatic carboxylic acids is 1. The van der Waals surface area contributed by atoms with Gasteiger partial charge < -0.3 is 14.6 Å². The largest absolute Gasteiger partial charge is 0.493 e. The Morgan fingerprint density at radius 2 is 1.75 bits per heavy atom. The van der Waals surface area contributed by atoms with Crippen LogP contribution in [-0.4, -0.2) is 36.8 Å². The monoisotopic (exact) mass is 375 g/mol. The molecule has 0 bridgehead atoms. The number of ether oxygens (including phenoxy) is 2. The quantitative estimate of drug-likeness (QED) is 0.700. The molecule has 28 heavy (non-hydrogen) atoms. The minimum atomic E-state index is -1.38. The predicted octanol–water partition coefficient (Wildman–Crippen LogP) is 3.87. The topological polar surface area (TPSA) is 85.2 Å². The summed E-state index contributed by atoms with van der Waals surface area (Å²) in [7, 11) is 3.01. The number of carbonyl (C=O) groups is 2. The number of methoxy groups -OCH3 is 2. The van der Waals surface area contributed by atoms with E-state index < -0.39 is 17.7 Å². The minimum Gasteiger partial charge on any atom is -0.493 e. The highest BCUT2D eigenvalue weighted by Crippen LogP contribution is 2.38. The second-order valence-corrected chi connectivity index (χ2v) is 6.39. The second-order valence-electron chi connectivity index (χ2n) is 6.39. The number of fused-ring (bicyclic) bond motifs is 3. The fourth-order valence-electron chi connectivity index (χ4n) is 3.49. The van der Waals surface area contributed by atoms with Crippen molar-refractivity contribution in [2.75, 3.05) is 14.2 Å². The summed E-state index contributed by atoms with van der Waals surface area (Å²) in [5.41, 5.74) is 1.49. The lowest BCUT2D eigenvalue weighted by Crippen LogP contribution is -2.34. The fraction of sp³-hybridized carbons (Fsp3) is 0.136. The molecule has 1 atom stereocenters. The van der Waals surface area contributed by atoms with Crippen molar-refractivity contribution >= 4 is 33.9 Å². The number of carboxylic acid groups (broad SMARTS) is 1. The maximum absolute atomic E-state index is 13.0. The number of rotatable bonds is 4. The Kier molecular flexibility index (Phi) is 4.31. The first-order valence-corrected chi connectivity index (χ1v) is 8.65. The third kappa shape index (κ3) is 2.70. The van der Waals surface area contributed by atoms with Gasteiger partial charge in [-0.2, -0.15) is 0 Å². The van der Waals surface area contributed by atoms with Crippen LogP contribution in [-0.2, 0) is 4.79 Å². The van der Waals surface area contributed by atoms with Gasteiger partial charge in [-0.05, 0) is 29.7 Å². The summed E-state index contributed by atoms with van der Waals surface area (Å²) in [5.74, 6) is -2.16. The molecule has 3 aromatic rings. The number of nitrogens with zero attached hydrogens (tertiary/aromatic N) is 1. The zero-order valence-electron chi connectivity index (χ0n) is 15.3. The molecule has 0 radical (unpaired) electrons. The molecule has 140 valence electrons. The Morgan fingerprint density at radius 1 is 1.00 bits per heavy atom. The molecule has 0 saturated heterocycles. The molecule has 1 aliphatic heterocycles. The van der Waals surface area contributed by atoms with Crippen molar-refractivity contribution in [1.29, 1.82) is 0 Å². The van der Waals surface area contributed by atoms with Crippen molar-refractivity contribution < 1.29 is 24.2 Å². The van der Waals surface area contributed by atoms with E-state index in [2.05, 4.69) is 4.99 Å². The van der Waals surface area contributed by atoms with Crippen LogP contribution in [0.1, 0.15) is 15.9 Å². The number of carbonyl (C=O) groups excluding carboxylic acids is 1. The molecule has 0 fully saturated rings. The minimum absolute atomic E-state index is 0.183. The molecule has 6 nitrogen and oxygen atoms in total. The van der Waals surface area contributed by atoms with Crippen LogP contribution in [0, 0.1) is 5.92 Å². The van der Waals surface area contributed by atoms with Crippen LogP contribution in [0.3, 0.4) is 0 Å². The van der Waals surface area contributed by atoms with Gasteiger partial charge in [-0.15, -0.1) is 0 Å². The summed E-state index contributed by atoms with van der Waals surface area (Å²) in [5, 5.41) is 11.5. The maximum atomic E-state index is 13.0. The molecule has 0 aromatic heterocycles. The Labute approximate surface area is 161 Å². The third-order valence-corrected chi connectivity index (χ3v) is 4.86. The molecule has 0 saturated carbocycles. The van der Waals surface area contributed by atoms with Crippen LogP contribution in [0.25, 0.3) is 10.8 Å². The lowest BCUT2D eigenvalue weighted by molar-refractivity contribution is -0.137. The molecule has 1 unspecified atom stereocenters. The summed E-state index contributed by atoms with van der Waals surface area (Å²) in [6.45, 7) is 0. The van der Waals surface area contributed by atoms with Gasteiger partial charge in [-0.3, -0.25) is 14.6 Å². The standard InChI is InChI=1S/C22H17NO5/c1-27-16-10-8-13(11-17(16)28-2)19-18(22(25)26)21(24)15-9-7-12-5-3-4-6-14(12)20(15)23-19/h3-11,18H,1-2H3,(H,25,26). The zero-order valence-corrected chi connectivity index (χ0v) is 15.3. The van der Waals surface area contributed by atoms with Crippen molar-refractivity contribution in [3.8, 4) is 11.5 Å². The van der Waals surface area contributed by atoms with E-state index in [4.69, 9.17) is 9.47 Å². The molecule has 1 N–H and O–H groups in total. The first kappa shape index (κ1) is 17.7. The highest BCUT2D eigenvalue weighted by Gasteiger charge is 2.38. The van der Waals surface area contributed by atoms with E-state index in [1.807, 2.05) is 30.3 Å². The van der Waals surface area contributed by atoms with E-state index >= 15 is 0 Å². The number of Topliss-reactive ketones (excluding diaryl/α,β-unsaturated/α-hetero) is 1. The molecule has 0 aliphatic carbocycles. The molecular weight excluding hydrogens is 358 g/mol. The van der Waals surface area contributed by atoms with E-state index in [0.717, 1.165) is 10.8 Å². The molecular formula is C22H17NO5. The van der Waals surface area contributed by atoms with E-state index in [1.165, 1.54) is 14.2 Å². The summed E-state index contributed by atoms with van der Waals surface area (Å²) < 4.78 is 10.6. The lowest BCUT2D eigenvalue weighted by Gasteiger charge is -2.22. The van der Waals surface area contributed by atoms with Crippen LogP contribution < -0.4 is 9.47 Å². The second kappa shape index (κ2) is 6.81. The molecule has 1 aliphatic rings. The maximum Gasteiger partial charge on any atom is 0.320 e. The molecule has 0 spiro atoms. The van der Waals surface area contributed by atoms with E-state index in [1.54, 1.807) is 24.3 Å². The number of carboxylic acids is 1. The van der Waals surface area contributed by atoms with Crippen molar-refractivity contribution in [3.63, 3.8) is 0 Å². The van der Waals surface area contributed by atoms with Crippen LogP contribution in [0.2, 0.25) is 0 Å². The van der Waals surface area contributed by atoms with Crippen molar-refractivity contribution in [1.82, 2.24) is 0 Å². The zero-order chi connectivity index (χ0) is 19.8. The first-order chi connectivity index (χ1) is 13.5. The van der Waals surface area contributed by atoms with Gasteiger partial charge >= 0.3 is 5.97 Å². The number of aliphatic imine (C=N–C) groups is 1. The van der Waals surface area contributed by atoms with Crippen LogP contribution in [0.15, 0.2) is 59.6 Å². The summed E-state index contributed by atoms with van der Waals surface area (Å²) in [6.07, 6.45) is 0. The lowest BCUT2D eigenvalue weighted by atomic mass is 9.84. The normalized spacial score (nSPS) is 15.7. The number of hydrogen-bond acceptors (Lipinski definition) is 5. The van der Waals surface area contributed by atoms with Crippen LogP contribution in [0.5, 0.6) is 11.5 Å². The predicted molar refractivity (Wildman–Crippen MR) is 105 cm³/mol. The Bertz CT molecular complexity index is 1150. The molecule has 3 aromatic carbocycles. The summed E-state index contributed by atoms with van der Waals surface area (Å²) >= 11 is 0. The average Bonchev–Trinajstić information content (AvgIpc) is 2.72. The van der Waals surface area contributed by atoms with Crippen molar-refractivity contribution in [2.24, 2.45) is 10.9 Å². The van der Waals surface area contributed by atoms with Crippen LogP contribution in [0.4, 0.5) is 5.69 Å². The number of benzene rings is 3. The highest BCUT2D eigenvalue weighted by molar-refractivity contribution is 6.33. The SMILES string of the molecule is COc1ccc(C2=Nc3c(ccc4ccccc34)C(=O)C2C(=O)O)cc1OC. The van der Waals surface area contributed by atoms with E-state index in [9.17, 15) is 14.7 Å². The van der Waals surface area contributed by atoms with E-state index in [0.29, 0.717) is 28.3 Å². The van der Waals surface area contributed by atoms with Crippen LogP contribution >= 0.6 is 0 Å². The van der Waals surface area contributed by atoms with Crippen molar-refractivity contribution in [2.45, 2.75) is 0 Å². The summed E-state index contributed by atoms with van der Waals surface area (Å²) in [6, 6.07) is 16.0. The smallest absolute Gasteiger partial charge is 0.320 e. The van der Waals surface area contributed by atoms with Gasteiger partial charge in [0.15, 0.2) is 23.2 Å². The van der Waals surface area contributed by atoms with Gasteiger partial charge in [0, 0.05) is 16.5 Å². The van der Waals surface area contributed by atoms with Gasteiger partial charge in [0.05, 0.1) is 25.6 Å². The first-order valence-electron chi connectivity index (χ1n) is 8.65. The number of ketones is 1. The Hall–Kier alpha value is -3.67. The van der Waals surface area contributed by atoms with Crippen molar-refractivity contribution in [3.05, 3.63) is 65.7 Å². The van der Waals surface area contributed by atoms with Gasteiger partial charge in [0.2, 0.25) is 0 Å².